The molecule has 2 heterocycles. The standard InChI is InChI=1S/C12H17N5O2S/c1-3-13-6-10-7-15-16-12(10)20(18,19)17-11-4-9(2)5-14-8-11/h4-5,7-8,13,17H,3,6H2,1-2H3,(H,15,16). The van der Waals surface area contributed by atoms with Crippen molar-refractivity contribution in [2.24, 2.45) is 0 Å². The third-order valence-electron chi connectivity index (χ3n) is 2.64. The Labute approximate surface area is 117 Å². The molecule has 0 atom stereocenters. The molecular formula is C12H17N5O2S. The summed E-state index contributed by atoms with van der Waals surface area (Å²) in [5, 5.41) is 9.47. The van der Waals surface area contributed by atoms with Gasteiger partial charge in [-0.2, -0.15) is 13.5 Å². The summed E-state index contributed by atoms with van der Waals surface area (Å²) < 4.78 is 27.1. The number of aryl methyl sites for hydroxylation is 1. The molecule has 0 amide bonds. The maximum absolute atomic E-state index is 12.3. The lowest BCUT2D eigenvalue weighted by molar-refractivity contribution is 0.594. The van der Waals surface area contributed by atoms with Crippen LogP contribution in [0.3, 0.4) is 0 Å². The number of hydrogen-bond acceptors (Lipinski definition) is 5. The Balaban J connectivity index is 2.24. The van der Waals surface area contributed by atoms with Crippen LogP contribution >= 0.6 is 0 Å². The normalized spacial score (nSPS) is 11.5. The van der Waals surface area contributed by atoms with E-state index in [4.69, 9.17) is 0 Å². The molecule has 0 bridgehead atoms. The minimum absolute atomic E-state index is 0.0694. The van der Waals surface area contributed by atoms with E-state index in [2.05, 4.69) is 25.2 Å². The Kier molecular flexibility index (Phi) is 4.35. The van der Waals surface area contributed by atoms with Crippen molar-refractivity contribution in [1.82, 2.24) is 20.5 Å². The molecule has 0 radical (unpaired) electrons. The van der Waals surface area contributed by atoms with Crippen molar-refractivity contribution < 1.29 is 8.42 Å². The van der Waals surface area contributed by atoms with Crippen LogP contribution in [0.2, 0.25) is 0 Å². The third-order valence-corrected chi connectivity index (χ3v) is 4.03. The lowest BCUT2D eigenvalue weighted by atomic mass is 10.3. The highest BCUT2D eigenvalue weighted by molar-refractivity contribution is 7.92. The van der Waals surface area contributed by atoms with Crippen LogP contribution in [-0.2, 0) is 16.6 Å². The van der Waals surface area contributed by atoms with Crippen LogP contribution in [0.1, 0.15) is 18.1 Å². The van der Waals surface area contributed by atoms with Gasteiger partial charge in [-0.05, 0) is 25.1 Å². The van der Waals surface area contributed by atoms with Crippen LogP contribution in [0.4, 0.5) is 5.69 Å². The van der Waals surface area contributed by atoms with Gasteiger partial charge in [-0.1, -0.05) is 6.92 Å². The Morgan fingerprint density at radius 1 is 1.30 bits per heavy atom. The van der Waals surface area contributed by atoms with Gasteiger partial charge in [-0.15, -0.1) is 0 Å². The lowest BCUT2D eigenvalue weighted by Gasteiger charge is -2.08. The minimum atomic E-state index is -3.70. The number of aromatic amines is 1. The molecule has 0 saturated carbocycles. The van der Waals surface area contributed by atoms with Gasteiger partial charge in [0.1, 0.15) is 0 Å². The molecule has 0 saturated heterocycles. The predicted octanol–water partition coefficient (Wildman–Crippen LogP) is 1.02. The zero-order chi connectivity index (χ0) is 14.6. The largest absolute Gasteiger partial charge is 0.313 e. The second-order valence-corrected chi connectivity index (χ2v) is 5.98. The van der Waals surface area contributed by atoms with Crippen LogP contribution in [0.15, 0.2) is 29.7 Å². The smallest absolute Gasteiger partial charge is 0.279 e. The molecule has 0 aromatic carbocycles. The lowest BCUT2D eigenvalue weighted by Crippen LogP contribution is -2.18. The maximum atomic E-state index is 12.3. The molecule has 3 N–H and O–H groups in total. The molecule has 0 spiro atoms. The van der Waals surface area contributed by atoms with E-state index >= 15 is 0 Å². The number of aromatic nitrogens is 3. The van der Waals surface area contributed by atoms with E-state index < -0.39 is 10.0 Å². The second-order valence-electron chi connectivity index (χ2n) is 4.36. The average molecular weight is 295 g/mol. The SMILES string of the molecule is CCNCc1cn[nH]c1S(=O)(=O)Nc1cncc(C)c1. The Hall–Kier alpha value is -1.93. The molecule has 0 unspecified atom stereocenters. The second kappa shape index (κ2) is 6.02. The third kappa shape index (κ3) is 3.34. The Bertz CT molecular complexity index is 681. The fraction of sp³-hybridized carbons (Fsp3) is 0.333. The summed E-state index contributed by atoms with van der Waals surface area (Å²) in [6.07, 6.45) is 4.63. The zero-order valence-corrected chi connectivity index (χ0v) is 12.2. The minimum Gasteiger partial charge on any atom is -0.313 e. The first-order chi connectivity index (χ1) is 9.53. The molecular weight excluding hydrogens is 278 g/mol. The van der Waals surface area contributed by atoms with Crippen molar-refractivity contribution in [2.45, 2.75) is 25.4 Å². The Morgan fingerprint density at radius 2 is 2.10 bits per heavy atom. The summed E-state index contributed by atoms with van der Waals surface area (Å²) in [6, 6.07) is 1.71. The number of hydrogen-bond donors (Lipinski definition) is 3. The summed E-state index contributed by atoms with van der Waals surface area (Å²) >= 11 is 0. The highest BCUT2D eigenvalue weighted by Gasteiger charge is 2.20. The van der Waals surface area contributed by atoms with Crippen molar-refractivity contribution in [2.75, 3.05) is 11.3 Å². The molecule has 0 aliphatic carbocycles. The van der Waals surface area contributed by atoms with Gasteiger partial charge in [-0.25, -0.2) is 0 Å². The number of pyridine rings is 1. The predicted molar refractivity (Wildman–Crippen MR) is 75.8 cm³/mol. The molecule has 2 aromatic heterocycles. The highest BCUT2D eigenvalue weighted by atomic mass is 32.2. The van der Waals surface area contributed by atoms with Crippen molar-refractivity contribution in [1.29, 1.82) is 0 Å². The number of nitrogens with one attached hydrogen (secondary N) is 3. The maximum Gasteiger partial charge on any atom is 0.279 e. The first-order valence-corrected chi connectivity index (χ1v) is 7.68. The topological polar surface area (TPSA) is 99.8 Å². The van der Waals surface area contributed by atoms with E-state index in [9.17, 15) is 8.42 Å². The number of nitrogens with zero attached hydrogens (tertiary/aromatic N) is 2. The summed E-state index contributed by atoms with van der Waals surface area (Å²) in [4.78, 5) is 3.96. The number of anilines is 1. The summed E-state index contributed by atoms with van der Waals surface area (Å²) in [6.45, 7) is 4.98. The average Bonchev–Trinajstić information content (AvgIpc) is 2.85. The monoisotopic (exact) mass is 295 g/mol. The van der Waals surface area contributed by atoms with Crippen molar-refractivity contribution in [3.63, 3.8) is 0 Å². The Morgan fingerprint density at radius 3 is 2.80 bits per heavy atom. The molecule has 2 aromatic rings. The van der Waals surface area contributed by atoms with Crippen LogP contribution < -0.4 is 10.0 Å². The molecule has 8 heteroatoms. The quantitative estimate of drug-likeness (QED) is 0.739. The zero-order valence-electron chi connectivity index (χ0n) is 11.3. The molecule has 108 valence electrons. The van der Waals surface area contributed by atoms with Gasteiger partial charge in [0.15, 0.2) is 5.03 Å². The van der Waals surface area contributed by atoms with E-state index in [1.54, 1.807) is 12.3 Å². The fourth-order valence-electron chi connectivity index (χ4n) is 1.73. The van der Waals surface area contributed by atoms with Crippen LogP contribution in [-0.4, -0.2) is 30.1 Å². The molecule has 0 fully saturated rings. The fourth-order valence-corrected chi connectivity index (χ4v) is 2.90. The van der Waals surface area contributed by atoms with Crippen LogP contribution in [0, 0.1) is 6.92 Å². The van der Waals surface area contributed by atoms with E-state index in [-0.39, 0.29) is 5.03 Å². The van der Waals surface area contributed by atoms with Crippen molar-refractivity contribution in [3.8, 4) is 0 Å². The van der Waals surface area contributed by atoms with E-state index in [1.165, 1.54) is 12.4 Å². The van der Waals surface area contributed by atoms with E-state index in [1.807, 2.05) is 13.8 Å². The number of H-pyrrole nitrogens is 1. The van der Waals surface area contributed by atoms with Gasteiger partial charge in [0.2, 0.25) is 0 Å². The van der Waals surface area contributed by atoms with Gasteiger partial charge in [0, 0.05) is 18.3 Å². The van der Waals surface area contributed by atoms with Crippen LogP contribution in [0.25, 0.3) is 0 Å². The van der Waals surface area contributed by atoms with Gasteiger partial charge in [0.25, 0.3) is 10.0 Å². The first kappa shape index (κ1) is 14.5. The number of rotatable bonds is 6. The molecule has 0 aliphatic rings. The van der Waals surface area contributed by atoms with Gasteiger partial charge < -0.3 is 5.32 Å². The van der Waals surface area contributed by atoms with E-state index in [0.29, 0.717) is 17.8 Å². The first-order valence-electron chi connectivity index (χ1n) is 6.20. The van der Waals surface area contributed by atoms with Crippen molar-refractivity contribution in [3.05, 3.63) is 35.8 Å². The summed E-state index contributed by atoms with van der Waals surface area (Å²) in [7, 11) is -3.70. The summed E-state index contributed by atoms with van der Waals surface area (Å²) in [5.41, 5.74) is 1.90. The van der Waals surface area contributed by atoms with Gasteiger partial charge in [-0.3, -0.25) is 14.8 Å². The number of sulfonamides is 1. The molecule has 20 heavy (non-hydrogen) atoms. The molecule has 0 aliphatic heterocycles. The molecule has 2 rings (SSSR count). The highest BCUT2D eigenvalue weighted by Crippen LogP contribution is 2.17. The molecule has 7 nitrogen and oxygen atoms in total. The van der Waals surface area contributed by atoms with Crippen LogP contribution in [0.5, 0.6) is 0 Å². The van der Waals surface area contributed by atoms with Crippen molar-refractivity contribution >= 4 is 15.7 Å². The summed E-state index contributed by atoms with van der Waals surface area (Å²) in [5.74, 6) is 0. The van der Waals surface area contributed by atoms with E-state index in [0.717, 1.165) is 12.1 Å². The van der Waals surface area contributed by atoms with Gasteiger partial charge >= 0.3 is 0 Å². The van der Waals surface area contributed by atoms with Gasteiger partial charge in [0.05, 0.1) is 18.1 Å².